The van der Waals surface area contributed by atoms with Crippen molar-refractivity contribution in [2.45, 2.75) is 26.7 Å². The van der Waals surface area contributed by atoms with Gasteiger partial charge in [0.05, 0.1) is 18.2 Å². The number of benzene rings is 1. The fraction of sp³-hybridized carbons (Fsp3) is 0.381. The topological polar surface area (TPSA) is 59.7 Å². The number of hydrogen-bond acceptors (Lipinski definition) is 5. The van der Waals surface area contributed by atoms with Gasteiger partial charge in [-0.25, -0.2) is 9.50 Å². The molecule has 3 heterocycles. The van der Waals surface area contributed by atoms with Gasteiger partial charge in [0.2, 0.25) is 0 Å². The van der Waals surface area contributed by atoms with Crippen LogP contribution in [0.3, 0.4) is 0 Å². The number of nitrogens with zero attached hydrogens (tertiary/aromatic N) is 4. The van der Waals surface area contributed by atoms with Crippen molar-refractivity contribution in [2.24, 2.45) is 5.92 Å². The second-order valence-electron chi connectivity index (χ2n) is 6.94. The number of anilines is 1. The first-order valence-corrected chi connectivity index (χ1v) is 9.49. The van der Waals surface area contributed by atoms with Crippen LogP contribution in [0.15, 0.2) is 42.7 Å². The number of rotatable bonds is 4. The molecule has 4 rings (SSSR count). The Balaban J connectivity index is 1.60. The van der Waals surface area contributed by atoms with Crippen LogP contribution in [0.2, 0.25) is 0 Å². The number of carbonyl (C=O) groups is 1. The smallest absolute Gasteiger partial charge is 0.309 e. The van der Waals surface area contributed by atoms with Crippen molar-refractivity contribution in [3.63, 3.8) is 0 Å². The lowest BCUT2D eigenvalue weighted by Gasteiger charge is -2.31. The predicted octanol–water partition coefficient (Wildman–Crippen LogP) is 3.48. The molecule has 0 atom stereocenters. The number of esters is 1. The summed E-state index contributed by atoms with van der Waals surface area (Å²) in [5.74, 6) is 0.843. The van der Waals surface area contributed by atoms with Crippen LogP contribution in [0, 0.1) is 12.8 Å². The van der Waals surface area contributed by atoms with Gasteiger partial charge in [-0.2, -0.15) is 5.10 Å². The SMILES string of the molecule is CCOC(=O)C1CCN(c2nccn3nc(-c4ccccc4C)cc23)CC1. The maximum atomic E-state index is 12.0. The van der Waals surface area contributed by atoms with Gasteiger partial charge in [-0.3, -0.25) is 4.79 Å². The molecule has 0 N–H and O–H groups in total. The maximum absolute atomic E-state index is 12.0. The van der Waals surface area contributed by atoms with E-state index in [2.05, 4.69) is 35.0 Å². The standard InChI is InChI=1S/C21H24N4O2/c1-3-27-21(26)16-8-11-24(12-9-16)20-19-14-18(23-25(19)13-10-22-20)17-7-5-4-6-15(17)2/h4-7,10,13-14,16H,3,8-9,11-12H2,1-2H3. The minimum absolute atomic E-state index is 0.00614. The van der Waals surface area contributed by atoms with Gasteiger partial charge in [-0.15, -0.1) is 0 Å². The zero-order valence-electron chi connectivity index (χ0n) is 15.8. The Bertz CT molecular complexity index is 958. The summed E-state index contributed by atoms with van der Waals surface area (Å²) in [6.45, 7) is 5.97. The van der Waals surface area contributed by atoms with Crippen LogP contribution < -0.4 is 4.90 Å². The second kappa shape index (κ2) is 7.39. The average Bonchev–Trinajstić information content (AvgIpc) is 3.12. The largest absolute Gasteiger partial charge is 0.466 e. The van der Waals surface area contributed by atoms with Gasteiger partial charge in [0.15, 0.2) is 5.82 Å². The third kappa shape index (κ3) is 3.39. The third-order valence-corrected chi connectivity index (χ3v) is 5.20. The van der Waals surface area contributed by atoms with E-state index in [9.17, 15) is 4.79 Å². The van der Waals surface area contributed by atoms with Crippen LogP contribution in [-0.2, 0) is 9.53 Å². The molecule has 0 bridgehead atoms. The first-order valence-electron chi connectivity index (χ1n) is 9.49. The van der Waals surface area contributed by atoms with Crippen LogP contribution >= 0.6 is 0 Å². The molecule has 1 fully saturated rings. The summed E-state index contributed by atoms with van der Waals surface area (Å²) in [5.41, 5.74) is 4.27. The van der Waals surface area contributed by atoms with Crippen molar-refractivity contribution in [2.75, 3.05) is 24.6 Å². The summed E-state index contributed by atoms with van der Waals surface area (Å²) >= 11 is 0. The van der Waals surface area contributed by atoms with Crippen molar-refractivity contribution in [1.82, 2.24) is 14.6 Å². The Kier molecular flexibility index (Phi) is 4.79. The van der Waals surface area contributed by atoms with E-state index in [0.29, 0.717) is 6.61 Å². The van der Waals surface area contributed by atoms with Crippen molar-refractivity contribution in [3.05, 3.63) is 48.3 Å². The number of aryl methyl sites for hydroxylation is 1. The number of aromatic nitrogens is 3. The van der Waals surface area contributed by atoms with Crippen LogP contribution in [0.5, 0.6) is 0 Å². The molecule has 1 aromatic carbocycles. The fourth-order valence-corrected chi connectivity index (χ4v) is 3.73. The van der Waals surface area contributed by atoms with E-state index < -0.39 is 0 Å². The zero-order chi connectivity index (χ0) is 18.8. The Morgan fingerprint density at radius 3 is 2.78 bits per heavy atom. The summed E-state index contributed by atoms with van der Waals surface area (Å²) in [6.07, 6.45) is 5.25. The number of carbonyl (C=O) groups excluding carboxylic acids is 1. The Hall–Kier alpha value is -2.89. The molecule has 27 heavy (non-hydrogen) atoms. The summed E-state index contributed by atoms with van der Waals surface area (Å²) in [6, 6.07) is 10.4. The molecule has 1 saturated heterocycles. The van der Waals surface area contributed by atoms with Gasteiger partial charge in [0, 0.05) is 31.0 Å². The molecule has 0 unspecified atom stereocenters. The monoisotopic (exact) mass is 364 g/mol. The molecular weight excluding hydrogens is 340 g/mol. The van der Waals surface area contributed by atoms with E-state index in [0.717, 1.165) is 48.5 Å². The van der Waals surface area contributed by atoms with Gasteiger partial charge >= 0.3 is 5.97 Å². The highest BCUT2D eigenvalue weighted by Crippen LogP contribution is 2.29. The van der Waals surface area contributed by atoms with Crippen molar-refractivity contribution < 1.29 is 9.53 Å². The average molecular weight is 364 g/mol. The number of fused-ring (bicyclic) bond motifs is 1. The number of hydrogen-bond donors (Lipinski definition) is 0. The lowest BCUT2D eigenvalue weighted by atomic mass is 9.97. The summed E-state index contributed by atoms with van der Waals surface area (Å²) < 4.78 is 7.06. The number of ether oxygens (including phenoxy) is 1. The van der Waals surface area contributed by atoms with Gasteiger partial charge < -0.3 is 9.64 Å². The highest BCUT2D eigenvalue weighted by Gasteiger charge is 2.27. The third-order valence-electron chi connectivity index (χ3n) is 5.20. The van der Waals surface area contributed by atoms with E-state index >= 15 is 0 Å². The molecule has 0 saturated carbocycles. The Morgan fingerprint density at radius 1 is 1.26 bits per heavy atom. The minimum atomic E-state index is -0.0745. The molecule has 1 aliphatic rings. The highest BCUT2D eigenvalue weighted by molar-refractivity contribution is 5.77. The first-order chi connectivity index (χ1) is 13.2. The molecule has 0 amide bonds. The minimum Gasteiger partial charge on any atom is -0.466 e. The normalized spacial score (nSPS) is 15.3. The molecule has 3 aromatic rings. The second-order valence-corrected chi connectivity index (χ2v) is 6.94. The molecule has 6 nitrogen and oxygen atoms in total. The first kappa shape index (κ1) is 17.5. The van der Waals surface area contributed by atoms with Gasteiger partial charge in [-0.05, 0) is 38.3 Å². The maximum Gasteiger partial charge on any atom is 0.309 e. The fourth-order valence-electron chi connectivity index (χ4n) is 3.73. The predicted molar refractivity (Wildman–Crippen MR) is 105 cm³/mol. The molecule has 0 spiro atoms. The Labute approximate surface area is 158 Å². The van der Waals surface area contributed by atoms with E-state index in [1.807, 2.05) is 29.8 Å². The van der Waals surface area contributed by atoms with Crippen molar-refractivity contribution in [1.29, 1.82) is 0 Å². The molecule has 0 aliphatic carbocycles. The van der Waals surface area contributed by atoms with E-state index in [-0.39, 0.29) is 11.9 Å². The summed E-state index contributed by atoms with van der Waals surface area (Å²) in [7, 11) is 0. The summed E-state index contributed by atoms with van der Waals surface area (Å²) in [4.78, 5) is 18.8. The lowest BCUT2D eigenvalue weighted by Crippen LogP contribution is -2.37. The van der Waals surface area contributed by atoms with Crippen molar-refractivity contribution in [3.8, 4) is 11.3 Å². The van der Waals surface area contributed by atoms with E-state index in [1.165, 1.54) is 5.56 Å². The van der Waals surface area contributed by atoms with Gasteiger partial charge in [-0.1, -0.05) is 24.3 Å². The summed E-state index contributed by atoms with van der Waals surface area (Å²) in [5, 5.41) is 4.74. The van der Waals surface area contributed by atoms with E-state index in [1.54, 1.807) is 6.20 Å². The zero-order valence-corrected chi connectivity index (χ0v) is 15.8. The molecule has 6 heteroatoms. The molecule has 2 aromatic heterocycles. The number of piperidine rings is 1. The molecule has 140 valence electrons. The van der Waals surface area contributed by atoms with Gasteiger partial charge in [0.25, 0.3) is 0 Å². The molecule has 1 aliphatic heterocycles. The lowest BCUT2D eigenvalue weighted by molar-refractivity contribution is -0.148. The van der Waals surface area contributed by atoms with E-state index in [4.69, 9.17) is 9.84 Å². The van der Waals surface area contributed by atoms with Crippen molar-refractivity contribution >= 4 is 17.3 Å². The Morgan fingerprint density at radius 2 is 2.04 bits per heavy atom. The van der Waals surface area contributed by atoms with Gasteiger partial charge in [0.1, 0.15) is 5.52 Å². The molecular formula is C21H24N4O2. The van der Waals surface area contributed by atoms with Crippen LogP contribution in [0.4, 0.5) is 5.82 Å². The van der Waals surface area contributed by atoms with Crippen LogP contribution in [-0.4, -0.2) is 40.3 Å². The quantitative estimate of drug-likeness (QED) is 0.663. The van der Waals surface area contributed by atoms with Crippen LogP contribution in [0.1, 0.15) is 25.3 Å². The van der Waals surface area contributed by atoms with Crippen LogP contribution in [0.25, 0.3) is 16.8 Å². The highest BCUT2D eigenvalue weighted by atomic mass is 16.5. The molecule has 0 radical (unpaired) electrons.